The maximum Gasteiger partial charge on any atom is 0.290 e. The maximum absolute atomic E-state index is 14.4. The zero-order valence-electron chi connectivity index (χ0n) is 85.7. The van der Waals surface area contributed by atoms with Gasteiger partial charge in [-0.25, -0.2) is 0 Å². The molecule has 0 aliphatic carbocycles. The van der Waals surface area contributed by atoms with E-state index in [9.17, 15) is 81.5 Å². The quantitative estimate of drug-likeness (QED) is 0.0167. The molecule has 6 aliphatic heterocycles. The third-order valence-corrected chi connectivity index (χ3v) is 26.1. The van der Waals surface area contributed by atoms with E-state index in [-0.39, 0.29) is 114 Å². The average Bonchev–Trinajstić information content (AvgIpc) is 1.65. The zero-order chi connectivity index (χ0) is 106. The lowest BCUT2D eigenvalue weighted by Gasteiger charge is -2.32. The van der Waals surface area contributed by atoms with Crippen LogP contribution in [0.1, 0.15) is 211 Å². The Kier molecular flexibility index (Phi) is 41.9. The molecule has 0 spiro atoms. The van der Waals surface area contributed by atoms with Crippen molar-refractivity contribution in [3.05, 3.63) is 210 Å². The topological polar surface area (TPSA) is 493 Å². The second-order valence-electron chi connectivity index (χ2n) is 39.6. The van der Waals surface area contributed by atoms with Gasteiger partial charge in [0.1, 0.15) is 59.5 Å². The number of rotatable bonds is 29. The normalized spacial score (nSPS) is 22.0. The molecule has 14 amide bonds. The molecule has 0 radical (unpaired) electrons. The molecule has 12 bridgehead atoms. The van der Waals surface area contributed by atoms with Crippen molar-refractivity contribution >= 4 is 100 Å². The molecule has 6 heterocycles. The first-order chi connectivity index (χ1) is 69.5. The first-order valence-corrected chi connectivity index (χ1v) is 50.1. The van der Waals surface area contributed by atoms with E-state index in [0.717, 1.165) is 11.1 Å². The number of ketones is 3. The third kappa shape index (κ3) is 33.0. The monoisotopic (exact) mass is 2020 g/mol. The number of primary amides is 1. The predicted molar refractivity (Wildman–Crippen MR) is 541 cm³/mol. The Labute approximate surface area is 852 Å². The summed E-state index contributed by atoms with van der Waals surface area (Å²) in [5.74, 6) is -9.54. The number of carbonyl (C=O) groups is 17. The Morgan fingerprint density at radius 3 is 1.16 bits per heavy atom. The SMILES string of the molecule is C=CCNC(=O)C(=O)C(CCC)NC(=O)[C@@H]1C[C@@H]2CN1C(=O)[C@H](c1ccccc1)NC(=O)Cc1cccc(c1)OCCC(C)(C)O2.CCCC(NC(=O)[C@@H]1C[C@@H]2CN1C(=O)[C@H](C(C)CC)NC(=O)Cc1cccc(c1)OCCC(C)(C)O2)C(=O)C(=O)NCC(=O)N[C@H](C(=O)N(C)C)c1ccccc1.CCCC(NC(=O)[C@@H]1C[C@@H]2CN1C(=O)[C@H](c1ccccc1)NC(=O)Cc1cccc(c1)OCCC(C)(C)O2)C(=O)C(N)=O. The molecule has 37 heteroatoms. The average molecular weight is 2020 g/mol. The van der Waals surface area contributed by atoms with Crippen LogP contribution in [0, 0.1) is 5.92 Å². The summed E-state index contributed by atoms with van der Waals surface area (Å²) < 4.78 is 37.4. The minimum atomic E-state index is -1.26. The van der Waals surface area contributed by atoms with Crippen molar-refractivity contribution < 1.29 is 110 Å². The van der Waals surface area contributed by atoms with E-state index in [1.807, 2.05) is 130 Å². The van der Waals surface area contributed by atoms with Crippen LogP contribution in [0.4, 0.5) is 0 Å². The number of nitrogens with two attached hydrogens (primary N) is 1. The van der Waals surface area contributed by atoms with Gasteiger partial charge in [-0.05, 0) is 137 Å². The highest BCUT2D eigenvalue weighted by Gasteiger charge is 2.50. The van der Waals surface area contributed by atoms with Gasteiger partial charge < -0.3 is 102 Å². The molecule has 6 aromatic carbocycles. The van der Waals surface area contributed by atoms with Gasteiger partial charge in [0, 0.05) is 78.8 Å². The fourth-order valence-corrected chi connectivity index (χ4v) is 18.3. The third-order valence-electron chi connectivity index (χ3n) is 26.1. The van der Waals surface area contributed by atoms with Crippen LogP contribution < -0.4 is 67.8 Å². The Morgan fingerprint density at radius 1 is 0.459 bits per heavy atom. The van der Waals surface area contributed by atoms with Crippen LogP contribution in [-0.4, -0.2) is 264 Å². The first kappa shape index (κ1) is 114. The van der Waals surface area contributed by atoms with Crippen molar-refractivity contribution in [2.45, 2.75) is 274 Å². The number of fused-ring (bicyclic) bond motifs is 12. The molecule has 37 nitrogen and oxygen atoms in total. The van der Waals surface area contributed by atoms with E-state index in [1.165, 1.54) is 25.7 Å². The van der Waals surface area contributed by atoms with Crippen molar-refractivity contribution in [2.75, 3.05) is 66.6 Å². The minimum absolute atomic E-state index is 0.0168. The lowest BCUT2D eigenvalue weighted by molar-refractivity contribution is -0.144. The Bertz CT molecular complexity index is 5610. The van der Waals surface area contributed by atoms with Gasteiger partial charge in [-0.3, -0.25) is 81.5 Å². The standard InChI is InChI=1S/C42H58N6O9.C35H44N4O7.C32H40N4O7/c1-8-14-31(37(51)39(53)43-24-34(50)46-36(40(54)47(6)7)28-16-11-10-12-17-28)44-38(52)32-23-30-25-48(32)41(55)35(26(3)9-2)45-33(49)22-27-15-13-18-29(21-27)56-20-19-42(4,5)57-30;1-5-11-27(31(41)33(43)36-17-6-2)37-32(42)28-21-26-22-39(28)34(44)30(24-13-8-7-9-14-24)38-29(40)20-23-12-10-15-25(19-23)45-18-16-35(3,4)46-26;1-4-9-24(28(38)29(33)39)34-30(40)25-18-23-19-36(25)31(41)27(21-11-6-5-7-12-21)35-26(37)17-20-10-8-13-22(16-20)42-15-14-32(2,3)43-23/h10-13,15-18,21,26,30-32,35-36H,8-9,14,19-20,22-25H2,1-7H3,(H,43,53)(H,44,52)(H,45,49)(H,46,50);6-10,12-15,19,26-28,30H,2,5,11,16-18,20-22H2,1,3-4H3,(H,36,43)(H,37,42)(H,38,40);5-8,10-13,16,23-25,27H,4,9,14-15,17-19H2,1-3H3,(H2,33,39)(H,34,40)(H,35,37)/t26?,30-,31?,32+,35+,36+;26-,27?,28+,30+;23-,24?,25+,27+/m111/s1. The van der Waals surface area contributed by atoms with E-state index in [0.29, 0.717) is 104 Å². The van der Waals surface area contributed by atoms with Crippen molar-refractivity contribution in [3.8, 4) is 17.2 Å². The van der Waals surface area contributed by atoms with Crippen molar-refractivity contribution in [1.29, 1.82) is 0 Å². The van der Waals surface area contributed by atoms with Crippen LogP contribution in [0.25, 0.3) is 0 Å². The molecule has 14 atom stereocenters. The number of hydrogen-bond acceptors (Lipinski definition) is 23. The lowest BCUT2D eigenvalue weighted by atomic mass is 9.96. The number of nitrogens with zero attached hydrogens (tertiary/aromatic N) is 4. The molecule has 0 aromatic heterocycles. The van der Waals surface area contributed by atoms with E-state index < -0.39 is 178 Å². The number of benzene rings is 6. The molecule has 3 saturated heterocycles. The number of amides is 14. The molecule has 786 valence electrons. The molecule has 11 N–H and O–H groups in total. The zero-order valence-corrected chi connectivity index (χ0v) is 85.7. The van der Waals surface area contributed by atoms with Crippen LogP contribution in [0.2, 0.25) is 0 Å². The molecule has 4 unspecified atom stereocenters. The van der Waals surface area contributed by atoms with Crippen LogP contribution in [0.15, 0.2) is 176 Å². The first-order valence-electron chi connectivity index (χ1n) is 50.1. The Morgan fingerprint density at radius 2 is 0.808 bits per heavy atom. The van der Waals surface area contributed by atoms with Gasteiger partial charge in [-0.1, -0.05) is 194 Å². The summed E-state index contributed by atoms with van der Waals surface area (Å²) in [5, 5.41) is 24.2. The van der Waals surface area contributed by atoms with Crippen LogP contribution in [0.3, 0.4) is 0 Å². The molecular weight excluding hydrogens is 1870 g/mol. The van der Waals surface area contributed by atoms with Crippen LogP contribution >= 0.6 is 0 Å². The van der Waals surface area contributed by atoms with Gasteiger partial charge in [0.2, 0.25) is 70.5 Å². The molecule has 6 aromatic rings. The minimum Gasteiger partial charge on any atom is -0.493 e. The van der Waals surface area contributed by atoms with Gasteiger partial charge in [0.15, 0.2) is 0 Å². The molecule has 3 fully saturated rings. The van der Waals surface area contributed by atoms with E-state index in [4.69, 9.17) is 34.2 Å². The van der Waals surface area contributed by atoms with Gasteiger partial charge in [0.05, 0.1) is 98.9 Å². The van der Waals surface area contributed by atoms with Crippen molar-refractivity contribution in [3.63, 3.8) is 0 Å². The maximum atomic E-state index is 14.4. The van der Waals surface area contributed by atoms with Gasteiger partial charge in [0.25, 0.3) is 29.5 Å². The van der Waals surface area contributed by atoms with Gasteiger partial charge >= 0.3 is 0 Å². The number of Topliss-reactive ketones (excluding diaryl/α,β-unsaturated/α-hetero) is 3. The smallest absolute Gasteiger partial charge is 0.290 e. The van der Waals surface area contributed by atoms with E-state index >= 15 is 0 Å². The molecule has 6 aliphatic rings. The summed E-state index contributed by atoms with van der Waals surface area (Å²) >= 11 is 0. The Balaban J connectivity index is 0.000000227. The second-order valence-corrected chi connectivity index (χ2v) is 39.6. The summed E-state index contributed by atoms with van der Waals surface area (Å²) in [5.41, 5.74) is 7.03. The fraction of sp³-hybridized carbons (Fsp3) is 0.495. The highest BCUT2D eigenvalue weighted by molar-refractivity contribution is 6.39. The number of carbonyl (C=O) groups excluding carboxylic acids is 17. The molecule has 12 rings (SSSR count). The fourth-order valence-electron chi connectivity index (χ4n) is 18.3. The largest absolute Gasteiger partial charge is 0.493 e. The summed E-state index contributed by atoms with van der Waals surface area (Å²) in [6.45, 7) is 25.1. The van der Waals surface area contributed by atoms with Gasteiger partial charge in [-0.2, -0.15) is 0 Å². The number of likely N-dealkylation sites (N-methyl/N-ethyl adjacent to an activating group) is 1. The predicted octanol–water partition coefficient (Wildman–Crippen LogP) is 6.99. The van der Waals surface area contributed by atoms with E-state index in [1.54, 1.807) is 124 Å². The summed E-state index contributed by atoms with van der Waals surface area (Å²) in [4.78, 5) is 232. The lowest BCUT2D eigenvalue weighted by Crippen LogP contribution is -2.57. The number of nitrogens with one attached hydrogen (secondary N) is 9. The Hall–Kier alpha value is -14.1. The van der Waals surface area contributed by atoms with Crippen LogP contribution in [0.5, 0.6) is 17.2 Å². The van der Waals surface area contributed by atoms with Crippen molar-refractivity contribution in [2.24, 2.45) is 11.7 Å². The van der Waals surface area contributed by atoms with E-state index in [2.05, 4.69) is 54.4 Å². The molecular formula is C109H142N14O23. The summed E-state index contributed by atoms with van der Waals surface area (Å²) in [7, 11) is 3.11. The second kappa shape index (κ2) is 53.7. The van der Waals surface area contributed by atoms with Crippen LogP contribution in [-0.2, 0) is 115 Å². The summed E-state index contributed by atoms with van der Waals surface area (Å²) in [6, 6.07) is 37.3. The highest BCUT2D eigenvalue weighted by Crippen LogP contribution is 2.36. The highest BCUT2D eigenvalue weighted by atomic mass is 16.5. The summed E-state index contributed by atoms with van der Waals surface area (Å²) in [6.07, 6.45) is 4.48. The van der Waals surface area contributed by atoms with Gasteiger partial charge in [-0.15, -0.1) is 6.58 Å². The molecule has 146 heavy (non-hydrogen) atoms. The number of ether oxygens (including phenoxy) is 6. The molecule has 0 saturated carbocycles. The number of hydrogen-bond donors (Lipinski definition) is 10. The van der Waals surface area contributed by atoms with Crippen molar-refractivity contribution in [1.82, 2.24) is 67.5 Å².